The van der Waals surface area contributed by atoms with Gasteiger partial charge in [0, 0.05) is 48.0 Å². The van der Waals surface area contributed by atoms with Crippen LogP contribution in [0.1, 0.15) is 18.4 Å². The lowest BCUT2D eigenvalue weighted by Gasteiger charge is -2.38. The van der Waals surface area contributed by atoms with Crippen LogP contribution in [0.4, 0.5) is 11.4 Å². The van der Waals surface area contributed by atoms with Crippen molar-refractivity contribution in [3.05, 3.63) is 63.2 Å². The highest BCUT2D eigenvalue weighted by Crippen LogP contribution is 2.36. The number of non-ortho nitro benzene ring substituents is 1. The van der Waals surface area contributed by atoms with Crippen LogP contribution in [0.3, 0.4) is 0 Å². The molecule has 0 bridgehead atoms. The van der Waals surface area contributed by atoms with Gasteiger partial charge in [0.2, 0.25) is 10.0 Å². The molecule has 0 saturated carbocycles. The average molecular weight is 426 g/mol. The molecule has 1 saturated heterocycles. The second-order valence-electron chi connectivity index (χ2n) is 6.77. The molecule has 150 valence electrons. The zero-order valence-electron chi connectivity index (χ0n) is 14.9. The van der Waals surface area contributed by atoms with Gasteiger partial charge in [-0.15, -0.1) is 0 Å². The Morgan fingerprint density at radius 2 is 1.82 bits per heavy atom. The molecule has 8 nitrogen and oxygen atoms in total. The highest BCUT2D eigenvalue weighted by atomic mass is 35.5. The molecule has 1 aliphatic rings. The molecule has 1 fully saturated rings. The minimum Gasteiger partial charge on any atom is -0.384 e. The number of nitrogens with two attached hydrogens (primary N) is 1. The highest BCUT2D eigenvalue weighted by molar-refractivity contribution is 7.89. The fourth-order valence-corrected chi connectivity index (χ4v) is 4.06. The molecule has 10 heteroatoms. The minimum absolute atomic E-state index is 0.269. The molecule has 0 aromatic heterocycles. The molecule has 1 aliphatic heterocycles. The van der Waals surface area contributed by atoms with E-state index >= 15 is 0 Å². The van der Waals surface area contributed by atoms with E-state index in [4.69, 9.17) is 21.5 Å². The molecule has 0 atom stereocenters. The number of nitrogens with zero attached hydrogens (tertiary/aromatic N) is 1. The molecule has 0 amide bonds. The fourth-order valence-electron chi connectivity index (χ4n) is 3.36. The number of nitro benzene ring substituents is 1. The Bertz CT molecular complexity index is 973. The van der Waals surface area contributed by atoms with Gasteiger partial charge in [0.15, 0.2) is 0 Å². The van der Waals surface area contributed by atoms with Crippen molar-refractivity contribution in [2.45, 2.75) is 23.2 Å². The number of nitrogens with one attached hydrogen (secondary N) is 1. The van der Waals surface area contributed by atoms with Gasteiger partial charge in [-0.05, 0) is 36.6 Å². The summed E-state index contributed by atoms with van der Waals surface area (Å²) in [6.45, 7) is 1.62. The molecule has 28 heavy (non-hydrogen) atoms. The van der Waals surface area contributed by atoms with Gasteiger partial charge in [-0.1, -0.05) is 23.7 Å². The van der Waals surface area contributed by atoms with Gasteiger partial charge in [-0.3, -0.25) is 10.1 Å². The Morgan fingerprint density at radius 1 is 1.18 bits per heavy atom. The Kier molecular flexibility index (Phi) is 5.90. The summed E-state index contributed by atoms with van der Waals surface area (Å²) in [7, 11) is -4.08. The smallest absolute Gasteiger partial charge is 0.272 e. The molecule has 2 aromatic carbocycles. The van der Waals surface area contributed by atoms with E-state index in [1.807, 2.05) is 24.3 Å². The van der Waals surface area contributed by atoms with Crippen molar-refractivity contribution in [2.24, 2.45) is 5.14 Å². The molecule has 0 spiro atoms. The number of benzene rings is 2. The number of halogens is 1. The standard InChI is InChI=1S/C18H20ClN3O5S/c19-14-3-1-13(2-4-14)18(5-7-27-8-6-18)12-21-15-9-16(22(23)24)11-17(10-15)28(20,25)26/h1-4,9-11,21H,5-8,12H2,(H2,20,25,26). The molecule has 0 unspecified atom stereocenters. The van der Waals surface area contributed by atoms with Crippen LogP contribution in [0, 0.1) is 10.1 Å². The van der Waals surface area contributed by atoms with E-state index in [0.717, 1.165) is 24.5 Å². The molecule has 0 aliphatic carbocycles. The maximum atomic E-state index is 11.7. The largest absolute Gasteiger partial charge is 0.384 e. The van der Waals surface area contributed by atoms with Gasteiger partial charge in [0.05, 0.1) is 9.82 Å². The van der Waals surface area contributed by atoms with Gasteiger partial charge < -0.3 is 10.1 Å². The molecule has 3 rings (SSSR count). The predicted molar refractivity (Wildman–Crippen MR) is 106 cm³/mol. The van der Waals surface area contributed by atoms with Gasteiger partial charge in [-0.25, -0.2) is 13.6 Å². The number of anilines is 1. The maximum Gasteiger partial charge on any atom is 0.272 e. The Morgan fingerprint density at radius 3 is 2.39 bits per heavy atom. The Balaban J connectivity index is 1.92. The first-order valence-corrected chi connectivity index (χ1v) is 10.5. The van der Waals surface area contributed by atoms with Crippen LogP contribution >= 0.6 is 11.6 Å². The first kappa shape index (κ1) is 20.5. The van der Waals surface area contributed by atoms with Crippen molar-refractivity contribution in [1.82, 2.24) is 0 Å². The van der Waals surface area contributed by atoms with Crippen LogP contribution in [0.2, 0.25) is 5.02 Å². The van der Waals surface area contributed by atoms with E-state index in [2.05, 4.69) is 5.32 Å². The number of primary sulfonamides is 1. The van der Waals surface area contributed by atoms with Crippen LogP contribution in [-0.4, -0.2) is 33.1 Å². The molecular formula is C18H20ClN3O5S. The quantitative estimate of drug-likeness (QED) is 0.541. The minimum atomic E-state index is -4.08. The van der Waals surface area contributed by atoms with Crippen molar-refractivity contribution >= 4 is 33.0 Å². The SMILES string of the molecule is NS(=O)(=O)c1cc(NCC2(c3ccc(Cl)cc3)CCOCC2)cc([N+](=O)[O-])c1. The number of sulfonamides is 1. The van der Waals surface area contributed by atoms with E-state index < -0.39 is 14.9 Å². The summed E-state index contributed by atoms with van der Waals surface area (Å²) in [6.07, 6.45) is 1.50. The van der Waals surface area contributed by atoms with Crippen LogP contribution < -0.4 is 10.5 Å². The van der Waals surface area contributed by atoms with Crippen molar-refractivity contribution < 1.29 is 18.1 Å². The van der Waals surface area contributed by atoms with Gasteiger partial charge in [0.1, 0.15) is 0 Å². The summed E-state index contributed by atoms with van der Waals surface area (Å²) in [4.78, 5) is 10.2. The van der Waals surface area contributed by atoms with Crippen molar-refractivity contribution in [3.8, 4) is 0 Å². The summed E-state index contributed by atoms with van der Waals surface area (Å²) in [6, 6.07) is 11.1. The van der Waals surface area contributed by atoms with E-state index in [-0.39, 0.29) is 16.0 Å². The summed E-state index contributed by atoms with van der Waals surface area (Å²) in [5.41, 5.74) is 0.777. The van der Waals surface area contributed by atoms with Crippen LogP contribution in [0.15, 0.2) is 47.4 Å². The zero-order valence-corrected chi connectivity index (χ0v) is 16.5. The number of nitro groups is 1. The summed E-state index contributed by atoms with van der Waals surface area (Å²) < 4.78 is 28.9. The van der Waals surface area contributed by atoms with Crippen molar-refractivity contribution in [1.29, 1.82) is 0 Å². The lowest BCUT2D eigenvalue weighted by molar-refractivity contribution is -0.385. The summed E-state index contributed by atoms with van der Waals surface area (Å²) in [5, 5.41) is 20.1. The second kappa shape index (κ2) is 8.04. The third-order valence-electron chi connectivity index (χ3n) is 4.97. The number of ether oxygens (including phenoxy) is 1. The number of hydrogen-bond acceptors (Lipinski definition) is 6. The summed E-state index contributed by atoms with van der Waals surface area (Å²) in [5.74, 6) is 0. The highest BCUT2D eigenvalue weighted by Gasteiger charge is 2.34. The number of rotatable bonds is 6. The number of hydrogen-bond donors (Lipinski definition) is 2. The normalized spacial score (nSPS) is 16.5. The summed E-state index contributed by atoms with van der Waals surface area (Å²) >= 11 is 6.00. The molecule has 1 heterocycles. The van der Waals surface area contributed by atoms with Gasteiger partial charge >= 0.3 is 0 Å². The lowest BCUT2D eigenvalue weighted by atomic mass is 9.74. The first-order chi connectivity index (χ1) is 13.2. The topological polar surface area (TPSA) is 125 Å². The third-order valence-corrected chi connectivity index (χ3v) is 6.11. The zero-order chi connectivity index (χ0) is 20.4. The van der Waals surface area contributed by atoms with Crippen LogP contribution in [-0.2, 0) is 20.2 Å². The fraction of sp³-hybridized carbons (Fsp3) is 0.333. The monoisotopic (exact) mass is 425 g/mol. The Labute approximate surface area is 167 Å². The molecule has 0 radical (unpaired) electrons. The van der Waals surface area contributed by atoms with Gasteiger partial charge in [-0.2, -0.15) is 0 Å². The Hall–Kier alpha value is -2.20. The van der Waals surface area contributed by atoms with Gasteiger partial charge in [0.25, 0.3) is 5.69 Å². The van der Waals surface area contributed by atoms with Crippen molar-refractivity contribution in [3.63, 3.8) is 0 Å². The van der Waals surface area contributed by atoms with E-state index in [1.54, 1.807) is 0 Å². The molecular weight excluding hydrogens is 406 g/mol. The van der Waals surface area contributed by atoms with Crippen LogP contribution in [0.5, 0.6) is 0 Å². The second-order valence-corrected chi connectivity index (χ2v) is 8.77. The average Bonchev–Trinajstić information content (AvgIpc) is 2.66. The lowest BCUT2D eigenvalue weighted by Crippen LogP contribution is -2.40. The first-order valence-electron chi connectivity index (χ1n) is 8.60. The predicted octanol–water partition coefficient (Wildman–Crippen LogP) is 3.06. The molecule has 2 aromatic rings. The maximum absolute atomic E-state index is 11.7. The van der Waals surface area contributed by atoms with Crippen LogP contribution in [0.25, 0.3) is 0 Å². The van der Waals surface area contributed by atoms with Crippen molar-refractivity contribution in [2.75, 3.05) is 25.1 Å². The van der Waals surface area contributed by atoms with E-state index in [0.29, 0.717) is 30.5 Å². The third kappa shape index (κ3) is 4.61. The van der Waals surface area contributed by atoms with E-state index in [9.17, 15) is 18.5 Å². The van der Waals surface area contributed by atoms with E-state index in [1.165, 1.54) is 12.1 Å². The molecule has 3 N–H and O–H groups in total.